The van der Waals surface area contributed by atoms with Crippen LogP contribution in [-0.4, -0.2) is 25.0 Å². The second-order valence-corrected chi connectivity index (χ2v) is 6.88. The Morgan fingerprint density at radius 1 is 1.36 bits per heavy atom. The maximum absolute atomic E-state index is 12.0. The van der Waals surface area contributed by atoms with E-state index >= 15 is 0 Å². The molecule has 0 aromatic carbocycles. The monoisotopic (exact) mass is 219 g/mol. The van der Waals surface area contributed by atoms with Crippen LogP contribution in [0.15, 0.2) is 0 Å². The first-order valence-electron chi connectivity index (χ1n) is 5.48. The van der Waals surface area contributed by atoms with Gasteiger partial charge in [-0.2, -0.15) is 0 Å². The van der Waals surface area contributed by atoms with Crippen molar-refractivity contribution in [2.24, 2.45) is 5.73 Å². The highest BCUT2D eigenvalue weighted by Gasteiger charge is 2.35. The molecule has 84 valence electrons. The molecule has 0 amide bonds. The highest BCUT2D eigenvalue weighted by atomic mass is 32.2. The molecule has 0 aliphatic heterocycles. The van der Waals surface area contributed by atoms with E-state index in [0.29, 0.717) is 6.42 Å². The topological polar surface area (TPSA) is 60.2 Å². The fourth-order valence-corrected chi connectivity index (χ4v) is 4.24. The molecule has 1 fully saturated rings. The Bertz CT molecular complexity index is 274. The minimum absolute atomic E-state index is 0.136. The van der Waals surface area contributed by atoms with Crippen molar-refractivity contribution in [3.63, 3.8) is 0 Å². The number of nitrogens with two attached hydrogens (primary N) is 1. The van der Waals surface area contributed by atoms with E-state index in [1.165, 1.54) is 0 Å². The first kappa shape index (κ1) is 12.0. The molecule has 1 saturated carbocycles. The Morgan fingerprint density at radius 2 is 1.93 bits per heavy atom. The van der Waals surface area contributed by atoms with Crippen LogP contribution in [-0.2, 0) is 9.84 Å². The van der Waals surface area contributed by atoms with E-state index in [1.54, 1.807) is 6.92 Å². The van der Waals surface area contributed by atoms with Crippen LogP contribution in [0.4, 0.5) is 0 Å². The molecule has 3 unspecified atom stereocenters. The number of hydrogen-bond donors (Lipinski definition) is 1. The SMILES string of the molecule is CCC(C)S(=O)(=O)C1CCCCC1N. The van der Waals surface area contributed by atoms with Gasteiger partial charge in [0.25, 0.3) is 0 Å². The minimum Gasteiger partial charge on any atom is -0.327 e. The van der Waals surface area contributed by atoms with Crippen LogP contribution in [0.2, 0.25) is 0 Å². The molecular weight excluding hydrogens is 198 g/mol. The van der Waals surface area contributed by atoms with Crippen LogP contribution < -0.4 is 5.73 Å². The van der Waals surface area contributed by atoms with Crippen molar-refractivity contribution >= 4 is 9.84 Å². The highest BCUT2D eigenvalue weighted by Crippen LogP contribution is 2.26. The fraction of sp³-hybridized carbons (Fsp3) is 1.00. The van der Waals surface area contributed by atoms with Crippen molar-refractivity contribution in [1.29, 1.82) is 0 Å². The summed E-state index contributed by atoms with van der Waals surface area (Å²) < 4.78 is 24.1. The molecule has 0 heterocycles. The van der Waals surface area contributed by atoms with Gasteiger partial charge in [0.15, 0.2) is 9.84 Å². The van der Waals surface area contributed by atoms with Crippen LogP contribution in [0.1, 0.15) is 46.0 Å². The predicted octanol–water partition coefficient (Wildman–Crippen LogP) is 1.47. The molecule has 3 nitrogen and oxygen atoms in total. The lowest BCUT2D eigenvalue weighted by Gasteiger charge is -2.30. The molecule has 0 radical (unpaired) electrons. The van der Waals surface area contributed by atoms with Crippen molar-refractivity contribution < 1.29 is 8.42 Å². The predicted molar refractivity (Wildman–Crippen MR) is 58.9 cm³/mol. The summed E-state index contributed by atoms with van der Waals surface area (Å²) in [5.74, 6) is 0. The third-order valence-electron chi connectivity index (χ3n) is 3.31. The summed E-state index contributed by atoms with van der Waals surface area (Å²) >= 11 is 0. The van der Waals surface area contributed by atoms with Crippen molar-refractivity contribution in [2.45, 2.75) is 62.5 Å². The van der Waals surface area contributed by atoms with Gasteiger partial charge in [-0.3, -0.25) is 0 Å². The lowest BCUT2D eigenvalue weighted by molar-refractivity contribution is 0.428. The third-order valence-corrected chi connectivity index (χ3v) is 6.20. The molecule has 0 bridgehead atoms. The van der Waals surface area contributed by atoms with Crippen LogP contribution in [0, 0.1) is 0 Å². The maximum Gasteiger partial charge on any atom is 0.157 e. The van der Waals surface area contributed by atoms with E-state index in [0.717, 1.165) is 25.7 Å². The zero-order valence-electron chi connectivity index (χ0n) is 9.07. The van der Waals surface area contributed by atoms with Crippen LogP contribution in [0.5, 0.6) is 0 Å². The Kier molecular flexibility index (Phi) is 3.95. The van der Waals surface area contributed by atoms with Crippen LogP contribution in [0.25, 0.3) is 0 Å². The number of sulfone groups is 1. The molecule has 14 heavy (non-hydrogen) atoms. The molecule has 1 aliphatic carbocycles. The van der Waals surface area contributed by atoms with Gasteiger partial charge in [-0.1, -0.05) is 19.8 Å². The summed E-state index contributed by atoms with van der Waals surface area (Å²) in [6.45, 7) is 3.70. The van der Waals surface area contributed by atoms with E-state index < -0.39 is 9.84 Å². The number of rotatable bonds is 3. The van der Waals surface area contributed by atoms with Gasteiger partial charge < -0.3 is 5.73 Å². The maximum atomic E-state index is 12.0. The average Bonchev–Trinajstić information content (AvgIpc) is 2.17. The van der Waals surface area contributed by atoms with Gasteiger partial charge in [0, 0.05) is 6.04 Å². The smallest absolute Gasteiger partial charge is 0.157 e. The molecule has 0 spiro atoms. The summed E-state index contributed by atoms with van der Waals surface area (Å²) in [4.78, 5) is 0. The van der Waals surface area contributed by atoms with Crippen molar-refractivity contribution in [3.8, 4) is 0 Å². The van der Waals surface area contributed by atoms with Crippen LogP contribution in [0.3, 0.4) is 0 Å². The van der Waals surface area contributed by atoms with Crippen molar-refractivity contribution in [2.75, 3.05) is 0 Å². The third kappa shape index (κ3) is 2.28. The summed E-state index contributed by atoms with van der Waals surface area (Å²) in [5.41, 5.74) is 5.88. The molecular formula is C10H21NO2S. The van der Waals surface area contributed by atoms with Crippen molar-refractivity contribution in [1.82, 2.24) is 0 Å². The quantitative estimate of drug-likeness (QED) is 0.782. The van der Waals surface area contributed by atoms with E-state index in [4.69, 9.17) is 5.73 Å². The standard InChI is InChI=1S/C10H21NO2S/c1-3-8(2)14(12,13)10-7-5-4-6-9(10)11/h8-10H,3-7,11H2,1-2H3. The lowest BCUT2D eigenvalue weighted by atomic mass is 9.96. The van der Waals surface area contributed by atoms with Gasteiger partial charge in [-0.25, -0.2) is 8.42 Å². The van der Waals surface area contributed by atoms with Gasteiger partial charge in [0.05, 0.1) is 10.5 Å². The van der Waals surface area contributed by atoms with Gasteiger partial charge in [0.2, 0.25) is 0 Å². The Balaban J connectivity index is 2.80. The zero-order chi connectivity index (χ0) is 10.8. The normalized spacial score (nSPS) is 31.4. The first-order valence-corrected chi connectivity index (χ1v) is 7.09. The second-order valence-electron chi connectivity index (χ2n) is 4.29. The van der Waals surface area contributed by atoms with E-state index in [-0.39, 0.29) is 16.5 Å². The Labute approximate surface area is 87.0 Å². The van der Waals surface area contributed by atoms with E-state index in [1.807, 2.05) is 6.92 Å². The van der Waals surface area contributed by atoms with Gasteiger partial charge in [0.1, 0.15) is 0 Å². The van der Waals surface area contributed by atoms with E-state index in [9.17, 15) is 8.42 Å². The molecule has 1 aliphatic rings. The molecule has 3 atom stereocenters. The molecule has 1 rings (SSSR count). The van der Waals surface area contributed by atoms with Gasteiger partial charge in [-0.15, -0.1) is 0 Å². The molecule has 2 N–H and O–H groups in total. The average molecular weight is 219 g/mol. The molecule has 0 aromatic rings. The van der Waals surface area contributed by atoms with Gasteiger partial charge >= 0.3 is 0 Å². The second kappa shape index (κ2) is 4.62. The lowest BCUT2D eigenvalue weighted by Crippen LogP contribution is -2.45. The largest absolute Gasteiger partial charge is 0.327 e. The van der Waals surface area contributed by atoms with Gasteiger partial charge in [-0.05, 0) is 26.2 Å². The minimum atomic E-state index is -2.99. The summed E-state index contributed by atoms with van der Waals surface area (Å²) in [5, 5.41) is -0.525. The summed E-state index contributed by atoms with van der Waals surface area (Å²) in [7, 11) is -2.99. The van der Waals surface area contributed by atoms with Crippen LogP contribution >= 0.6 is 0 Å². The first-order chi connectivity index (χ1) is 6.50. The summed E-state index contributed by atoms with van der Waals surface area (Å²) in [6, 6.07) is -0.136. The molecule has 4 heteroatoms. The zero-order valence-corrected chi connectivity index (χ0v) is 9.89. The van der Waals surface area contributed by atoms with E-state index in [2.05, 4.69) is 0 Å². The Hall–Kier alpha value is -0.0900. The molecule has 0 aromatic heterocycles. The molecule has 0 saturated heterocycles. The Morgan fingerprint density at radius 3 is 2.43 bits per heavy atom. The fourth-order valence-electron chi connectivity index (χ4n) is 2.06. The number of hydrogen-bond acceptors (Lipinski definition) is 3. The van der Waals surface area contributed by atoms with Crippen molar-refractivity contribution in [3.05, 3.63) is 0 Å². The highest BCUT2D eigenvalue weighted by molar-refractivity contribution is 7.92. The summed E-state index contributed by atoms with van der Waals surface area (Å²) in [6.07, 6.45) is 4.39.